The number of carbonyl (C=O) groups excluding carboxylic acids is 1. The summed E-state index contributed by atoms with van der Waals surface area (Å²) in [4.78, 5) is 16.4. The zero-order valence-electron chi connectivity index (χ0n) is 16.0. The van der Waals surface area contributed by atoms with Crippen LogP contribution in [0.1, 0.15) is 47.3 Å². The molecule has 0 aliphatic heterocycles. The minimum Gasteiger partial charge on any atom is -0.370 e. The Labute approximate surface area is 155 Å². The Bertz CT molecular complexity index is 781. The van der Waals surface area contributed by atoms with Crippen molar-refractivity contribution < 1.29 is 4.79 Å². The molecule has 26 heavy (non-hydrogen) atoms. The summed E-state index contributed by atoms with van der Waals surface area (Å²) < 4.78 is 0. The molecule has 1 atom stereocenters. The molecule has 5 heteroatoms. The van der Waals surface area contributed by atoms with E-state index in [1.54, 1.807) is 0 Å². The van der Waals surface area contributed by atoms with Gasteiger partial charge in [-0.25, -0.2) is 4.99 Å². The molecule has 2 rings (SSSR count). The minimum atomic E-state index is -0.0506. The summed E-state index contributed by atoms with van der Waals surface area (Å²) >= 11 is 0. The smallest absolute Gasteiger partial charge is 0.251 e. The fourth-order valence-electron chi connectivity index (χ4n) is 2.35. The lowest BCUT2D eigenvalue weighted by Gasteiger charge is -2.11. The zero-order valence-corrected chi connectivity index (χ0v) is 16.0. The molecule has 0 saturated carbocycles. The average molecular weight is 352 g/mol. The van der Waals surface area contributed by atoms with Crippen LogP contribution >= 0.6 is 0 Å². The third kappa shape index (κ3) is 5.62. The first-order chi connectivity index (χ1) is 12.4. The molecular weight excluding hydrogens is 324 g/mol. The lowest BCUT2D eigenvalue weighted by atomic mass is 10.1. The van der Waals surface area contributed by atoms with Crippen LogP contribution in [0.2, 0.25) is 0 Å². The van der Waals surface area contributed by atoms with Crippen molar-refractivity contribution in [2.75, 3.05) is 5.32 Å². The second-order valence-electron chi connectivity index (χ2n) is 6.61. The van der Waals surface area contributed by atoms with Crippen LogP contribution in [0.3, 0.4) is 0 Å². The van der Waals surface area contributed by atoms with Crippen LogP contribution in [0.25, 0.3) is 0 Å². The second kappa shape index (κ2) is 9.04. The summed E-state index contributed by atoms with van der Waals surface area (Å²) in [6.45, 7) is 8.63. The Morgan fingerprint density at radius 2 is 1.81 bits per heavy atom. The van der Waals surface area contributed by atoms with E-state index in [4.69, 9.17) is 5.73 Å². The molecule has 0 aliphatic rings. The van der Waals surface area contributed by atoms with Crippen molar-refractivity contribution in [3.8, 4) is 0 Å². The highest BCUT2D eigenvalue weighted by molar-refractivity contribution is 5.94. The molecule has 4 N–H and O–H groups in total. The van der Waals surface area contributed by atoms with E-state index in [2.05, 4.69) is 29.5 Å². The van der Waals surface area contributed by atoms with Gasteiger partial charge in [-0.2, -0.15) is 0 Å². The number of nitrogens with zero attached hydrogens (tertiary/aromatic N) is 1. The Morgan fingerprint density at radius 3 is 2.42 bits per heavy atom. The average Bonchev–Trinajstić information content (AvgIpc) is 2.63. The first-order valence-corrected chi connectivity index (χ1v) is 8.93. The summed E-state index contributed by atoms with van der Waals surface area (Å²) in [6.07, 6.45) is 0.908. The molecule has 0 radical (unpaired) electrons. The number of amides is 1. The van der Waals surface area contributed by atoms with Gasteiger partial charge in [0.25, 0.3) is 5.91 Å². The van der Waals surface area contributed by atoms with Crippen LogP contribution in [-0.4, -0.2) is 17.9 Å². The molecule has 138 valence electrons. The number of anilines is 1. The number of hydrogen-bond donors (Lipinski definition) is 3. The quantitative estimate of drug-likeness (QED) is 0.547. The molecule has 5 nitrogen and oxygen atoms in total. The third-order valence-electron chi connectivity index (χ3n) is 4.42. The largest absolute Gasteiger partial charge is 0.370 e. The summed E-state index contributed by atoms with van der Waals surface area (Å²) in [5.74, 6) is 0.317. The lowest BCUT2D eigenvalue weighted by Crippen LogP contribution is -2.31. The third-order valence-corrected chi connectivity index (χ3v) is 4.42. The highest BCUT2D eigenvalue weighted by Gasteiger charge is 2.08. The number of benzene rings is 2. The molecule has 1 amide bonds. The molecule has 0 fully saturated rings. The fourth-order valence-corrected chi connectivity index (χ4v) is 2.35. The summed E-state index contributed by atoms with van der Waals surface area (Å²) in [7, 11) is 0. The summed E-state index contributed by atoms with van der Waals surface area (Å²) in [6, 6.07) is 13.7. The SMILES string of the molecule is CCC(C)NC(=O)c1ccc(CN=C(N)Nc2ccc(C)c(C)c2)cc1. The van der Waals surface area contributed by atoms with Crippen LogP contribution in [0.15, 0.2) is 47.5 Å². The van der Waals surface area contributed by atoms with Gasteiger partial charge in [-0.15, -0.1) is 0 Å². The molecule has 0 heterocycles. The standard InChI is InChI=1S/C21H28N4O/c1-5-16(4)24-20(26)18-9-7-17(8-10-18)13-23-21(22)25-19-11-6-14(2)15(3)12-19/h6-12,16H,5,13H2,1-4H3,(H,24,26)(H3,22,23,25). The van der Waals surface area contributed by atoms with Gasteiger partial charge in [-0.1, -0.05) is 25.1 Å². The van der Waals surface area contributed by atoms with Gasteiger partial charge in [-0.3, -0.25) is 4.79 Å². The van der Waals surface area contributed by atoms with E-state index in [1.165, 1.54) is 11.1 Å². The van der Waals surface area contributed by atoms with Gasteiger partial charge in [-0.05, 0) is 68.1 Å². The van der Waals surface area contributed by atoms with Crippen molar-refractivity contribution in [3.63, 3.8) is 0 Å². The first kappa shape index (κ1) is 19.5. The molecule has 0 aliphatic carbocycles. The normalized spacial score (nSPS) is 12.5. The van der Waals surface area contributed by atoms with Crippen molar-refractivity contribution in [1.29, 1.82) is 0 Å². The van der Waals surface area contributed by atoms with E-state index < -0.39 is 0 Å². The van der Waals surface area contributed by atoms with E-state index in [9.17, 15) is 4.79 Å². The molecule has 1 unspecified atom stereocenters. The van der Waals surface area contributed by atoms with Crippen molar-refractivity contribution in [3.05, 3.63) is 64.7 Å². The number of carbonyl (C=O) groups is 1. The van der Waals surface area contributed by atoms with Crippen molar-refractivity contribution >= 4 is 17.6 Å². The maximum Gasteiger partial charge on any atom is 0.251 e. The number of rotatable bonds is 6. The second-order valence-corrected chi connectivity index (χ2v) is 6.61. The maximum absolute atomic E-state index is 12.1. The molecule has 0 saturated heterocycles. The van der Waals surface area contributed by atoms with E-state index in [0.717, 1.165) is 17.7 Å². The predicted octanol–water partition coefficient (Wildman–Crippen LogP) is 3.76. The van der Waals surface area contributed by atoms with Gasteiger partial charge >= 0.3 is 0 Å². The Balaban J connectivity index is 1.94. The molecule has 2 aromatic carbocycles. The Morgan fingerprint density at radius 1 is 1.12 bits per heavy atom. The Kier molecular flexibility index (Phi) is 6.78. The maximum atomic E-state index is 12.1. The molecule has 0 bridgehead atoms. The van der Waals surface area contributed by atoms with E-state index in [1.807, 2.05) is 56.3 Å². The van der Waals surface area contributed by atoms with Crippen LogP contribution < -0.4 is 16.4 Å². The van der Waals surface area contributed by atoms with Gasteiger partial charge < -0.3 is 16.4 Å². The molecule has 0 spiro atoms. The number of aliphatic imine (C=N–C) groups is 1. The predicted molar refractivity (Wildman–Crippen MR) is 109 cm³/mol. The molecule has 2 aromatic rings. The topological polar surface area (TPSA) is 79.5 Å². The van der Waals surface area contributed by atoms with Gasteiger partial charge in [0.1, 0.15) is 0 Å². The van der Waals surface area contributed by atoms with Gasteiger partial charge in [0.05, 0.1) is 6.54 Å². The number of guanidine groups is 1. The van der Waals surface area contributed by atoms with Crippen molar-refractivity contribution in [1.82, 2.24) is 5.32 Å². The number of hydrogen-bond acceptors (Lipinski definition) is 2. The lowest BCUT2D eigenvalue weighted by molar-refractivity contribution is 0.0939. The van der Waals surface area contributed by atoms with E-state index in [-0.39, 0.29) is 11.9 Å². The fraction of sp³-hybridized carbons (Fsp3) is 0.333. The van der Waals surface area contributed by atoms with Crippen LogP contribution in [0.4, 0.5) is 5.69 Å². The summed E-state index contributed by atoms with van der Waals surface area (Å²) in [5, 5.41) is 6.06. The monoisotopic (exact) mass is 352 g/mol. The zero-order chi connectivity index (χ0) is 19.1. The van der Waals surface area contributed by atoms with E-state index in [0.29, 0.717) is 18.1 Å². The van der Waals surface area contributed by atoms with Crippen molar-refractivity contribution in [2.45, 2.75) is 46.7 Å². The van der Waals surface area contributed by atoms with Gasteiger partial charge in [0.15, 0.2) is 5.96 Å². The number of aryl methyl sites for hydroxylation is 2. The van der Waals surface area contributed by atoms with Gasteiger partial charge in [0.2, 0.25) is 0 Å². The summed E-state index contributed by atoms with van der Waals surface area (Å²) in [5.41, 5.74) is 11.0. The highest BCUT2D eigenvalue weighted by Crippen LogP contribution is 2.14. The first-order valence-electron chi connectivity index (χ1n) is 8.93. The number of nitrogens with one attached hydrogen (secondary N) is 2. The van der Waals surface area contributed by atoms with Gasteiger partial charge in [0, 0.05) is 17.3 Å². The van der Waals surface area contributed by atoms with Crippen LogP contribution in [-0.2, 0) is 6.54 Å². The Hall–Kier alpha value is -2.82. The molecule has 0 aromatic heterocycles. The van der Waals surface area contributed by atoms with Crippen LogP contribution in [0, 0.1) is 13.8 Å². The minimum absolute atomic E-state index is 0.0506. The number of nitrogens with two attached hydrogens (primary N) is 1. The molecular formula is C21H28N4O. The highest BCUT2D eigenvalue weighted by atomic mass is 16.1. The van der Waals surface area contributed by atoms with Crippen molar-refractivity contribution in [2.24, 2.45) is 10.7 Å². The van der Waals surface area contributed by atoms with Crippen LogP contribution in [0.5, 0.6) is 0 Å². The van der Waals surface area contributed by atoms with E-state index >= 15 is 0 Å².